The number of piperazine rings is 1. The number of aromatic nitrogens is 5. The average molecular weight is 356 g/mol. The lowest BCUT2D eigenvalue weighted by molar-refractivity contribution is 0.248. The van der Waals surface area contributed by atoms with E-state index in [-0.39, 0.29) is 0 Å². The van der Waals surface area contributed by atoms with Crippen molar-refractivity contribution in [1.29, 1.82) is 0 Å². The molecule has 8 heteroatoms. The van der Waals surface area contributed by atoms with Gasteiger partial charge in [-0.1, -0.05) is 23.7 Å². The van der Waals surface area contributed by atoms with E-state index in [9.17, 15) is 0 Å². The van der Waals surface area contributed by atoms with Gasteiger partial charge in [0.05, 0.1) is 23.1 Å². The summed E-state index contributed by atoms with van der Waals surface area (Å²) in [6.07, 6.45) is 6.53. The van der Waals surface area contributed by atoms with Crippen LogP contribution in [0.4, 0.5) is 5.95 Å². The van der Waals surface area contributed by atoms with Crippen LogP contribution in [-0.2, 0) is 6.54 Å². The molecule has 25 heavy (non-hydrogen) atoms. The summed E-state index contributed by atoms with van der Waals surface area (Å²) in [5.74, 6) is 0.751. The van der Waals surface area contributed by atoms with Crippen LogP contribution in [0, 0.1) is 0 Å². The van der Waals surface area contributed by atoms with E-state index in [0.29, 0.717) is 5.02 Å². The Bertz CT molecular complexity index is 794. The Balaban J connectivity index is 1.33. The second kappa shape index (κ2) is 7.16. The average Bonchev–Trinajstić information content (AvgIpc) is 3.19. The molecule has 1 saturated heterocycles. The maximum atomic E-state index is 5.85. The summed E-state index contributed by atoms with van der Waals surface area (Å²) >= 11 is 5.85. The van der Waals surface area contributed by atoms with Crippen LogP contribution in [-0.4, -0.2) is 55.8 Å². The molecule has 0 N–H and O–H groups in total. The molecular formula is C17H18ClN7. The molecule has 1 aromatic carbocycles. The molecular weight excluding hydrogens is 338 g/mol. The minimum Gasteiger partial charge on any atom is -0.338 e. The normalized spacial score (nSPS) is 15.5. The lowest BCUT2D eigenvalue weighted by Gasteiger charge is -2.34. The predicted octanol–water partition coefficient (Wildman–Crippen LogP) is 2.03. The maximum Gasteiger partial charge on any atom is 0.225 e. The Kier molecular flexibility index (Phi) is 4.58. The van der Waals surface area contributed by atoms with Crippen molar-refractivity contribution in [2.45, 2.75) is 6.54 Å². The van der Waals surface area contributed by atoms with E-state index in [2.05, 4.69) is 54.1 Å². The maximum absolute atomic E-state index is 5.85. The SMILES string of the molecule is Clc1cnc(N2CCN(Cc3ccc(-n4cncn4)cc3)CC2)nc1. The van der Waals surface area contributed by atoms with Crippen LogP contribution >= 0.6 is 11.6 Å². The second-order valence-electron chi connectivity index (χ2n) is 5.97. The van der Waals surface area contributed by atoms with Crippen LogP contribution < -0.4 is 4.90 Å². The van der Waals surface area contributed by atoms with Gasteiger partial charge in [-0.3, -0.25) is 4.90 Å². The van der Waals surface area contributed by atoms with Gasteiger partial charge in [0.2, 0.25) is 5.95 Å². The summed E-state index contributed by atoms with van der Waals surface area (Å²) in [6.45, 7) is 4.73. The molecule has 0 saturated carbocycles. The van der Waals surface area contributed by atoms with Crippen molar-refractivity contribution in [3.8, 4) is 5.69 Å². The van der Waals surface area contributed by atoms with Gasteiger partial charge in [-0.05, 0) is 17.7 Å². The summed E-state index contributed by atoms with van der Waals surface area (Å²) in [7, 11) is 0. The molecule has 1 fully saturated rings. The molecule has 0 bridgehead atoms. The number of hydrogen-bond donors (Lipinski definition) is 0. The topological polar surface area (TPSA) is 63.0 Å². The lowest BCUT2D eigenvalue weighted by atomic mass is 10.2. The van der Waals surface area contributed by atoms with E-state index in [0.717, 1.165) is 44.4 Å². The lowest BCUT2D eigenvalue weighted by Crippen LogP contribution is -2.46. The molecule has 0 unspecified atom stereocenters. The van der Waals surface area contributed by atoms with Gasteiger partial charge in [0.25, 0.3) is 0 Å². The van der Waals surface area contributed by atoms with Crippen LogP contribution in [0.2, 0.25) is 5.02 Å². The third kappa shape index (κ3) is 3.78. The second-order valence-corrected chi connectivity index (χ2v) is 6.41. The highest BCUT2D eigenvalue weighted by Gasteiger charge is 2.18. The van der Waals surface area contributed by atoms with Crippen LogP contribution in [0.25, 0.3) is 5.69 Å². The quantitative estimate of drug-likeness (QED) is 0.713. The molecule has 1 aliphatic rings. The van der Waals surface area contributed by atoms with E-state index in [4.69, 9.17) is 11.6 Å². The van der Waals surface area contributed by atoms with Gasteiger partial charge in [-0.15, -0.1) is 0 Å². The summed E-state index contributed by atoms with van der Waals surface area (Å²) < 4.78 is 1.76. The van der Waals surface area contributed by atoms with Crippen LogP contribution in [0.1, 0.15) is 5.56 Å². The van der Waals surface area contributed by atoms with E-state index in [1.807, 2.05) is 0 Å². The molecule has 0 radical (unpaired) electrons. The van der Waals surface area contributed by atoms with Gasteiger partial charge in [0, 0.05) is 32.7 Å². The first-order chi connectivity index (χ1) is 12.3. The molecule has 0 spiro atoms. The zero-order valence-electron chi connectivity index (χ0n) is 13.7. The number of anilines is 1. The Hall–Kier alpha value is -2.51. The summed E-state index contributed by atoms with van der Waals surface area (Å²) in [5, 5.41) is 4.71. The Morgan fingerprint density at radius 1 is 0.960 bits per heavy atom. The molecule has 0 atom stereocenters. The highest BCUT2D eigenvalue weighted by molar-refractivity contribution is 6.30. The third-order valence-electron chi connectivity index (χ3n) is 4.29. The highest BCUT2D eigenvalue weighted by atomic mass is 35.5. The molecule has 7 nitrogen and oxygen atoms in total. The monoisotopic (exact) mass is 355 g/mol. The number of benzene rings is 1. The highest BCUT2D eigenvalue weighted by Crippen LogP contribution is 2.15. The molecule has 1 aliphatic heterocycles. The zero-order chi connectivity index (χ0) is 17.1. The van der Waals surface area contributed by atoms with Crippen molar-refractivity contribution in [2.75, 3.05) is 31.1 Å². The van der Waals surface area contributed by atoms with Crippen LogP contribution in [0.3, 0.4) is 0 Å². The van der Waals surface area contributed by atoms with Gasteiger partial charge in [-0.25, -0.2) is 19.6 Å². The molecule has 128 valence electrons. The molecule has 2 aromatic heterocycles. The van der Waals surface area contributed by atoms with Crippen molar-refractivity contribution in [3.63, 3.8) is 0 Å². The Morgan fingerprint density at radius 2 is 1.68 bits per heavy atom. The molecule has 3 heterocycles. The van der Waals surface area contributed by atoms with E-state index < -0.39 is 0 Å². The molecule has 0 amide bonds. The summed E-state index contributed by atoms with van der Waals surface area (Å²) in [5.41, 5.74) is 2.31. The predicted molar refractivity (Wildman–Crippen MR) is 95.9 cm³/mol. The molecule has 0 aliphatic carbocycles. The first kappa shape index (κ1) is 16.0. The fourth-order valence-corrected chi connectivity index (χ4v) is 3.03. The molecule has 4 rings (SSSR count). The number of hydrogen-bond acceptors (Lipinski definition) is 6. The van der Waals surface area contributed by atoms with Crippen molar-refractivity contribution in [3.05, 3.63) is 59.9 Å². The number of nitrogens with zero attached hydrogens (tertiary/aromatic N) is 7. The third-order valence-corrected chi connectivity index (χ3v) is 4.48. The van der Waals surface area contributed by atoms with Gasteiger partial charge < -0.3 is 4.90 Å². The Labute approximate surface area is 150 Å². The number of halogens is 1. The van der Waals surface area contributed by atoms with Crippen LogP contribution in [0.15, 0.2) is 49.3 Å². The van der Waals surface area contributed by atoms with Gasteiger partial charge in [-0.2, -0.15) is 5.10 Å². The van der Waals surface area contributed by atoms with Crippen molar-refractivity contribution in [2.24, 2.45) is 0 Å². The van der Waals surface area contributed by atoms with Crippen LogP contribution in [0.5, 0.6) is 0 Å². The first-order valence-corrected chi connectivity index (χ1v) is 8.54. The van der Waals surface area contributed by atoms with Gasteiger partial charge >= 0.3 is 0 Å². The van der Waals surface area contributed by atoms with E-state index in [1.165, 1.54) is 11.9 Å². The Morgan fingerprint density at radius 3 is 2.32 bits per heavy atom. The van der Waals surface area contributed by atoms with Crippen molar-refractivity contribution >= 4 is 17.5 Å². The summed E-state index contributed by atoms with van der Waals surface area (Å²) in [6, 6.07) is 8.43. The smallest absolute Gasteiger partial charge is 0.225 e. The minimum atomic E-state index is 0.566. The zero-order valence-corrected chi connectivity index (χ0v) is 14.4. The number of rotatable bonds is 4. The minimum absolute atomic E-state index is 0.566. The van der Waals surface area contributed by atoms with E-state index in [1.54, 1.807) is 23.4 Å². The van der Waals surface area contributed by atoms with Gasteiger partial charge in [0.15, 0.2) is 0 Å². The fraction of sp³-hybridized carbons (Fsp3) is 0.294. The van der Waals surface area contributed by atoms with Crippen molar-refractivity contribution in [1.82, 2.24) is 29.6 Å². The largest absolute Gasteiger partial charge is 0.338 e. The summed E-state index contributed by atoms with van der Waals surface area (Å²) in [4.78, 5) is 17.2. The molecule has 3 aromatic rings. The van der Waals surface area contributed by atoms with Crippen molar-refractivity contribution < 1.29 is 0 Å². The van der Waals surface area contributed by atoms with E-state index >= 15 is 0 Å². The first-order valence-electron chi connectivity index (χ1n) is 8.17. The fourth-order valence-electron chi connectivity index (χ4n) is 2.93. The standard InChI is InChI=1S/C17H18ClN7/c18-15-9-20-17(21-10-15)24-7-5-23(6-8-24)11-14-1-3-16(4-2-14)25-13-19-12-22-25/h1-4,9-10,12-13H,5-8,11H2. The van der Waals surface area contributed by atoms with Gasteiger partial charge in [0.1, 0.15) is 12.7 Å².